The summed E-state index contributed by atoms with van der Waals surface area (Å²) in [7, 11) is 2.59. The summed E-state index contributed by atoms with van der Waals surface area (Å²) in [6, 6.07) is 17.9. The third-order valence-corrected chi connectivity index (χ3v) is 6.06. The third kappa shape index (κ3) is 4.57. The van der Waals surface area contributed by atoms with Crippen LogP contribution in [0.1, 0.15) is 19.4 Å². The van der Waals surface area contributed by atoms with E-state index >= 15 is 0 Å². The van der Waals surface area contributed by atoms with E-state index in [9.17, 15) is 9.59 Å². The lowest BCUT2D eigenvalue weighted by Gasteiger charge is -2.25. The van der Waals surface area contributed by atoms with Gasteiger partial charge in [0.15, 0.2) is 6.04 Å². The van der Waals surface area contributed by atoms with Gasteiger partial charge in [-0.05, 0) is 26.0 Å². The van der Waals surface area contributed by atoms with E-state index in [0.29, 0.717) is 10.6 Å². The van der Waals surface area contributed by atoms with Crippen molar-refractivity contribution in [2.75, 3.05) is 19.5 Å². The van der Waals surface area contributed by atoms with E-state index in [1.165, 1.54) is 26.0 Å². The van der Waals surface area contributed by atoms with E-state index in [4.69, 9.17) is 14.5 Å². The molecule has 0 saturated heterocycles. The van der Waals surface area contributed by atoms with Gasteiger partial charge in [0.1, 0.15) is 5.04 Å². The Morgan fingerprint density at radius 2 is 1.57 bits per heavy atom. The Morgan fingerprint density at radius 1 is 0.967 bits per heavy atom. The first kappa shape index (κ1) is 21.6. The fourth-order valence-electron chi connectivity index (χ4n) is 3.16. The molecule has 0 radical (unpaired) electrons. The molecule has 1 heterocycles. The number of carbonyl (C=O) groups excluding carboxylic acids is 2. The van der Waals surface area contributed by atoms with Crippen molar-refractivity contribution in [3.05, 3.63) is 76.7 Å². The molecule has 1 aliphatic heterocycles. The van der Waals surface area contributed by atoms with Gasteiger partial charge in [-0.25, -0.2) is 9.59 Å². The number of hydrogen-bond acceptors (Lipinski definition) is 7. The van der Waals surface area contributed by atoms with Crippen molar-refractivity contribution >= 4 is 34.4 Å². The van der Waals surface area contributed by atoms with E-state index < -0.39 is 23.5 Å². The zero-order valence-electron chi connectivity index (χ0n) is 17.3. The molecular weight excluding hydrogens is 400 g/mol. The van der Waals surface area contributed by atoms with Crippen molar-refractivity contribution in [1.82, 2.24) is 0 Å². The summed E-state index contributed by atoms with van der Waals surface area (Å²) in [6.07, 6.45) is 0. The number of rotatable bonds is 6. The van der Waals surface area contributed by atoms with E-state index in [1.807, 2.05) is 74.5 Å². The molecule has 0 amide bonds. The molecule has 156 valence electrons. The highest BCUT2D eigenvalue weighted by Crippen LogP contribution is 2.44. The normalized spacial score (nSPS) is 17.5. The van der Waals surface area contributed by atoms with Crippen LogP contribution in [0.25, 0.3) is 0 Å². The number of benzene rings is 2. The Balaban J connectivity index is 2.10. The SMILES string of the molecule is COC(=O)/C(=C1\SC(c2ccccc2)=NC1(C)C)C(Nc1ccccc1)C(=O)OC. The molecule has 1 N–H and O–H groups in total. The van der Waals surface area contributed by atoms with Gasteiger partial charge in [0.2, 0.25) is 0 Å². The lowest BCUT2D eigenvalue weighted by molar-refractivity contribution is -0.144. The van der Waals surface area contributed by atoms with E-state index in [-0.39, 0.29) is 5.57 Å². The van der Waals surface area contributed by atoms with Crippen molar-refractivity contribution in [3.8, 4) is 0 Å². The summed E-state index contributed by atoms with van der Waals surface area (Å²) >= 11 is 1.37. The Kier molecular flexibility index (Phi) is 6.62. The monoisotopic (exact) mass is 424 g/mol. The van der Waals surface area contributed by atoms with Crippen molar-refractivity contribution < 1.29 is 19.1 Å². The summed E-state index contributed by atoms with van der Waals surface area (Å²) in [5.74, 6) is -1.19. The fraction of sp³-hybridized carbons (Fsp3) is 0.261. The number of ether oxygens (including phenoxy) is 2. The minimum atomic E-state index is -1.04. The zero-order chi connectivity index (χ0) is 21.7. The number of carbonyl (C=O) groups is 2. The maximum atomic E-state index is 12.9. The Morgan fingerprint density at radius 3 is 2.13 bits per heavy atom. The summed E-state index contributed by atoms with van der Waals surface area (Å²) in [5.41, 5.74) is 1.10. The van der Waals surface area contributed by atoms with Crippen molar-refractivity contribution in [2.45, 2.75) is 25.4 Å². The number of methoxy groups -OCH3 is 2. The number of nitrogens with one attached hydrogen (secondary N) is 1. The summed E-state index contributed by atoms with van der Waals surface area (Å²) in [4.78, 5) is 31.1. The second-order valence-electron chi connectivity index (χ2n) is 7.14. The van der Waals surface area contributed by atoms with Crippen LogP contribution in [0.2, 0.25) is 0 Å². The minimum absolute atomic E-state index is 0.192. The minimum Gasteiger partial charge on any atom is -0.467 e. The van der Waals surface area contributed by atoms with Crippen LogP contribution in [-0.4, -0.2) is 42.8 Å². The highest BCUT2D eigenvalue weighted by molar-refractivity contribution is 8.18. The third-order valence-electron chi connectivity index (χ3n) is 4.62. The molecule has 0 aromatic heterocycles. The number of esters is 2. The smallest absolute Gasteiger partial charge is 0.337 e. The molecule has 0 fully saturated rings. The number of aliphatic imine (C=N–C) groups is 1. The number of nitrogens with zero attached hydrogens (tertiary/aromatic N) is 1. The van der Waals surface area contributed by atoms with E-state index in [0.717, 1.165) is 10.6 Å². The van der Waals surface area contributed by atoms with Crippen molar-refractivity contribution in [2.24, 2.45) is 4.99 Å². The Bertz CT molecular complexity index is 985. The maximum absolute atomic E-state index is 12.9. The average Bonchev–Trinajstić information content (AvgIpc) is 3.08. The predicted octanol–water partition coefficient (Wildman–Crippen LogP) is 4.04. The van der Waals surface area contributed by atoms with Gasteiger partial charge in [-0.2, -0.15) is 0 Å². The zero-order valence-corrected chi connectivity index (χ0v) is 18.2. The molecule has 30 heavy (non-hydrogen) atoms. The van der Waals surface area contributed by atoms with Gasteiger partial charge >= 0.3 is 11.9 Å². The van der Waals surface area contributed by atoms with Crippen LogP contribution in [0.4, 0.5) is 5.69 Å². The van der Waals surface area contributed by atoms with Gasteiger partial charge < -0.3 is 14.8 Å². The number of thioether (sulfide) groups is 1. The second kappa shape index (κ2) is 9.17. The highest BCUT2D eigenvalue weighted by Gasteiger charge is 2.41. The van der Waals surface area contributed by atoms with Gasteiger partial charge in [0, 0.05) is 16.2 Å². The first-order valence-electron chi connectivity index (χ1n) is 9.43. The molecule has 0 bridgehead atoms. The second-order valence-corrected chi connectivity index (χ2v) is 8.14. The van der Waals surface area contributed by atoms with Crippen molar-refractivity contribution in [1.29, 1.82) is 0 Å². The van der Waals surface area contributed by atoms with Gasteiger partial charge in [-0.1, -0.05) is 60.3 Å². The standard InChI is InChI=1S/C23H24N2O4S/c1-23(2)19(30-20(25-23)15-11-7-5-8-12-15)17(21(26)28-3)18(22(27)29-4)24-16-13-9-6-10-14-16/h5-14,18,24H,1-4H3/b19-17-. The van der Waals surface area contributed by atoms with E-state index in [1.54, 1.807) is 0 Å². The predicted molar refractivity (Wildman–Crippen MR) is 120 cm³/mol. The van der Waals surface area contributed by atoms with Crippen molar-refractivity contribution in [3.63, 3.8) is 0 Å². The van der Waals surface area contributed by atoms with Crippen LogP contribution in [0.3, 0.4) is 0 Å². The molecule has 2 aromatic carbocycles. The van der Waals surface area contributed by atoms with Crippen LogP contribution in [0, 0.1) is 0 Å². The van der Waals surface area contributed by atoms with Gasteiger partial charge in [-0.15, -0.1) is 0 Å². The largest absolute Gasteiger partial charge is 0.467 e. The summed E-state index contributed by atoms with van der Waals surface area (Å²) < 4.78 is 10.1. The Labute approximate surface area is 180 Å². The number of hydrogen-bond donors (Lipinski definition) is 1. The molecule has 1 unspecified atom stereocenters. The lowest BCUT2D eigenvalue weighted by atomic mass is 9.96. The van der Waals surface area contributed by atoms with Gasteiger partial charge in [-0.3, -0.25) is 4.99 Å². The van der Waals surface area contributed by atoms with E-state index in [2.05, 4.69) is 5.32 Å². The summed E-state index contributed by atoms with van der Waals surface area (Å²) in [6.45, 7) is 3.82. The molecule has 3 rings (SSSR count). The molecule has 6 nitrogen and oxygen atoms in total. The molecule has 2 aromatic rings. The molecule has 0 saturated carbocycles. The van der Waals surface area contributed by atoms with Crippen LogP contribution < -0.4 is 5.32 Å². The average molecular weight is 425 g/mol. The molecule has 1 aliphatic rings. The molecular formula is C23H24N2O4S. The quantitative estimate of drug-likeness (QED) is 0.557. The number of anilines is 1. The van der Waals surface area contributed by atoms with Crippen LogP contribution in [0.5, 0.6) is 0 Å². The maximum Gasteiger partial charge on any atom is 0.337 e. The first-order valence-corrected chi connectivity index (χ1v) is 10.2. The topological polar surface area (TPSA) is 77.0 Å². The highest BCUT2D eigenvalue weighted by atomic mass is 32.2. The van der Waals surface area contributed by atoms with Crippen LogP contribution >= 0.6 is 11.8 Å². The molecule has 1 atom stereocenters. The molecule has 0 spiro atoms. The first-order chi connectivity index (χ1) is 14.4. The fourth-order valence-corrected chi connectivity index (χ4v) is 4.48. The lowest BCUT2D eigenvalue weighted by Crippen LogP contribution is -2.38. The van der Waals surface area contributed by atoms with Gasteiger partial charge in [0.25, 0.3) is 0 Å². The molecule has 7 heteroatoms. The number of para-hydroxylation sites is 1. The Hall–Kier alpha value is -3.06. The summed E-state index contributed by atoms with van der Waals surface area (Å²) in [5, 5.41) is 3.89. The van der Waals surface area contributed by atoms with Crippen LogP contribution in [0.15, 0.2) is 76.1 Å². The van der Waals surface area contributed by atoms with Gasteiger partial charge in [0.05, 0.1) is 25.3 Å². The van der Waals surface area contributed by atoms with Crippen LogP contribution in [-0.2, 0) is 19.1 Å². The molecule has 0 aliphatic carbocycles.